The zero-order valence-corrected chi connectivity index (χ0v) is 14.9. The summed E-state index contributed by atoms with van der Waals surface area (Å²) < 4.78 is 6.39. The summed E-state index contributed by atoms with van der Waals surface area (Å²) in [5, 5.41) is 0. The molecule has 1 aromatic rings. The monoisotopic (exact) mass is 385 g/mol. The first-order valence-electron chi connectivity index (χ1n) is 6.46. The van der Waals surface area contributed by atoms with Gasteiger partial charge in [-0.05, 0) is 0 Å². The van der Waals surface area contributed by atoms with Gasteiger partial charge in [0.1, 0.15) is 0 Å². The second kappa shape index (κ2) is 7.07. The zero-order valence-electron chi connectivity index (χ0n) is 12.8. The van der Waals surface area contributed by atoms with Gasteiger partial charge in [0, 0.05) is 0 Å². The van der Waals surface area contributed by atoms with Crippen LogP contribution in [0.4, 0.5) is 0 Å². The molecule has 3 heteroatoms. The molecule has 0 heterocycles. The van der Waals surface area contributed by atoms with Crippen LogP contribution in [0.2, 0.25) is 0 Å². The van der Waals surface area contributed by atoms with Gasteiger partial charge in [-0.25, -0.2) is 0 Å². The summed E-state index contributed by atoms with van der Waals surface area (Å²) in [4.78, 5) is 12.3. The van der Waals surface area contributed by atoms with Crippen LogP contribution in [0.15, 0.2) is 48.3 Å². The normalized spacial score (nSPS) is 12.8. The number of allylic oxidation sites excluding steroid dienone is 3. The van der Waals surface area contributed by atoms with Crippen LogP contribution in [0, 0.1) is 3.57 Å². The fourth-order valence-electron chi connectivity index (χ4n) is 1.64. The molecule has 1 rings (SSSR count). The summed E-state index contributed by atoms with van der Waals surface area (Å²) in [5.74, 6) is 0.635. The van der Waals surface area contributed by atoms with Gasteiger partial charge in [-0.15, -0.1) is 0 Å². The predicted molar refractivity (Wildman–Crippen MR) is 78.8 cm³/mol. The van der Waals surface area contributed by atoms with E-state index in [-0.39, 0.29) is 9.20 Å². The van der Waals surface area contributed by atoms with E-state index in [1.54, 1.807) is 20.1 Å². The number of rotatable bonds is 5. The van der Waals surface area contributed by atoms with Crippen molar-refractivity contribution < 1.29 is 30.7 Å². The van der Waals surface area contributed by atoms with Crippen LogP contribution < -0.4 is 21.2 Å². The maximum atomic E-state index is 12.3. The second-order valence-corrected chi connectivity index (χ2v) is 8.27. The number of carbonyl (C=O) groups is 1. The summed E-state index contributed by atoms with van der Waals surface area (Å²) in [6.45, 7) is 12.0. The SMILES string of the molecule is C=C/C(C(=O)[I-]c1ccc(C(C)(C)C)cc1)=C(/C)OC. The van der Waals surface area contributed by atoms with Crippen molar-refractivity contribution in [3.8, 4) is 0 Å². The number of ether oxygens (including phenoxy) is 1. The first kappa shape index (κ1) is 17.0. The van der Waals surface area contributed by atoms with Gasteiger partial charge >= 0.3 is 132 Å². The van der Waals surface area contributed by atoms with Crippen LogP contribution in [-0.2, 0) is 14.9 Å². The summed E-state index contributed by atoms with van der Waals surface area (Å²) in [7, 11) is 1.57. The van der Waals surface area contributed by atoms with E-state index in [9.17, 15) is 4.79 Å². The molecule has 0 unspecified atom stereocenters. The van der Waals surface area contributed by atoms with E-state index in [1.165, 1.54) is 5.56 Å². The van der Waals surface area contributed by atoms with Gasteiger partial charge in [-0.3, -0.25) is 0 Å². The average molecular weight is 385 g/mol. The van der Waals surface area contributed by atoms with Crippen LogP contribution in [0.5, 0.6) is 0 Å². The van der Waals surface area contributed by atoms with E-state index in [4.69, 9.17) is 4.74 Å². The van der Waals surface area contributed by atoms with Crippen molar-refractivity contribution in [3.63, 3.8) is 0 Å². The quantitative estimate of drug-likeness (QED) is 0.247. The molecule has 0 saturated carbocycles. The minimum atomic E-state index is -0.720. The molecule has 0 N–H and O–H groups in total. The summed E-state index contributed by atoms with van der Waals surface area (Å²) in [6, 6.07) is 8.36. The molecule has 0 aliphatic carbocycles. The molecule has 0 amide bonds. The molecular weight excluding hydrogens is 363 g/mol. The van der Waals surface area contributed by atoms with E-state index in [0.717, 1.165) is 3.57 Å². The van der Waals surface area contributed by atoms with Crippen molar-refractivity contribution in [2.75, 3.05) is 7.11 Å². The molecule has 0 spiro atoms. The van der Waals surface area contributed by atoms with Crippen molar-refractivity contribution >= 4 is 3.79 Å². The Morgan fingerprint density at radius 2 is 1.80 bits per heavy atom. The number of carbonyl (C=O) groups excluding carboxylic acids is 1. The Hall–Kier alpha value is -1.10. The molecular formula is C17H22IO2-. The van der Waals surface area contributed by atoms with Crippen LogP contribution in [0.3, 0.4) is 0 Å². The second-order valence-electron chi connectivity index (χ2n) is 5.50. The molecule has 20 heavy (non-hydrogen) atoms. The molecule has 0 aromatic heterocycles. The first-order valence-corrected chi connectivity index (χ1v) is 8.62. The van der Waals surface area contributed by atoms with Crippen LogP contribution in [0.25, 0.3) is 0 Å². The van der Waals surface area contributed by atoms with E-state index in [1.807, 2.05) is 0 Å². The van der Waals surface area contributed by atoms with Crippen molar-refractivity contribution in [1.29, 1.82) is 0 Å². The van der Waals surface area contributed by atoms with Gasteiger partial charge in [0.2, 0.25) is 0 Å². The van der Waals surface area contributed by atoms with Crippen molar-refractivity contribution in [1.82, 2.24) is 0 Å². The zero-order chi connectivity index (χ0) is 15.3. The molecule has 0 saturated heterocycles. The van der Waals surface area contributed by atoms with Gasteiger partial charge in [0.15, 0.2) is 0 Å². The van der Waals surface area contributed by atoms with Crippen molar-refractivity contribution in [3.05, 3.63) is 57.4 Å². The number of halogens is 1. The molecule has 1 aromatic carbocycles. The van der Waals surface area contributed by atoms with Crippen molar-refractivity contribution in [2.24, 2.45) is 0 Å². The van der Waals surface area contributed by atoms with E-state index in [2.05, 4.69) is 51.6 Å². The van der Waals surface area contributed by atoms with Gasteiger partial charge in [0.25, 0.3) is 0 Å². The van der Waals surface area contributed by atoms with E-state index < -0.39 is 21.2 Å². The first-order chi connectivity index (χ1) is 9.29. The molecule has 110 valence electrons. The third kappa shape index (κ3) is 4.47. The van der Waals surface area contributed by atoms with Crippen molar-refractivity contribution in [2.45, 2.75) is 33.1 Å². The van der Waals surface area contributed by atoms with Crippen LogP contribution >= 0.6 is 0 Å². The Labute approximate surface area is 132 Å². The van der Waals surface area contributed by atoms with Crippen LogP contribution in [0.1, 0.15) is 33.3 Å². The average Bonchev–Trinajstić information content (AvgIpc) is 2.38. The Balaban J connectivity index is 2.89. The molecule has 2 nitrogen and oxygen atoms in total. The third-order valence-corrected chi connectivity index (χ3v) is 5.42. The van der Waals surface area contributed by atoms with E-state index >= 15 is 0 Å². The summed E-state index contributed by atoms with van der Waals surface area (Å²) >= 11 is -0.720. The van der Waals surface area contributed by atoms with Gasteiger partial charge in [-0.2, -0.15) is 0 Å². The Morgan fingerprint density at radius 1 is 1.25 bits per heavy atom. The number of methoxy groups -OCH3 is 1. The number of hydrogen-bond acceptors (Lipinski definition) is 2. The summed E-state index contributed by atoms with van der Waals surface area (Å²) in [6.07, 6.45) is 1.59. The van der Waals surface area contributed by atoms with Crippen LogP contribution in [-0.4, -0.2) is 10.9 Å². The molecule has 0 fully saturated rings. The maximum absolute atomic E-state index is 12.3. The topological polar surface area (TPSA) is 26.3 Å². The fraction of sp³-hybridized carbons (Fsp3) is 0.353. The molecule has 0 radical (unpaired) electrons. The predicted octanol–water partition coefficient (Wildman–Crippen LogP) is 0.876. The Kier molecular flexibility index (Phi) is 5.99. The van der Waals surface area contributed by atoms with Gasteiger partial charge in [-0.1, -0.05) is 0 Å². The van der Waals surface area contributed by atoms with Gasteiger partial charge < -0.3 is 0 Å². The minimum absolute atomic E-state index is 0.139. The Morgan fingerprint density at radius 3 is 2.20 bits per heavy atom. The standard InChI is InChI=1S/C17H22IO2/c1-7-15(12(2)20-6)16(19)18-14-10-8-13(9-11-14)17(3,4)5/h7-11H,1H2,2-6H3/q-1/b15-12+. The molecule has 0 aliphatic heterocycles. The summed E-state index contributed by atoms with van der Waals surface area (Å²) in [5.41, 5.74) is 2.02. The molecule has 0 bridgehead atoms. The molecule has 0 aliphatic rings. The number of benzene rings is 1. The Bertz CT molecular complexity index is 519. The number of hydrogen-bond donors (Lipinski definition) is 0. The van der Waals surface area contributed by atoms with Gasteiger partial charge in [0.05, 0.1) is 0 Å². The molecule has 0 atom stereocenters. The third-order valence-electron chi connectivity index (χ3n) is 3.01. The fourth-order valence-corrected chi connectivity index (χ4v) is 3.81. The van der Waals surface area contributed by atoms with E-state index in [0.29, 0.717) is 11.3 Å².